The molecule has 1 aliphatic carbocycles. The van der Waals surface area contributed by atoms with Crippen molar-refractivity contribution in [1.82, 2.24) is 19.7 Å². The Hall–Kier alpha value is -3.47. The number of halogens is 1. The molecule has 0 radical (unpaired) electrons. The first kappa shape index (κ1) is 22.7. The molecule has 1 fully saturated rings. The molecule has 0 aromatic carbocycles. The molecule has 1 aliphatic rings. The van der Waals surface area contributed by atoms with Gasteiger partial charge in [0.05, 0.1) is 22.8 Å². The number of hydrogen-bond donors (Lipinski definition) is 4. The summed E-state index contributed by atoms with van der Waals surface area (Å²) in [7, 11) is 5.60. The molecule has 2 atom stereocenters. The van der Waals surface area contributed by atoms with Crippen LogP contribution in [0.25, 0.3) is 11.0 Å². The van der Waals surface area contributed by atoms with Crippen molar-refractivity contribution in [3.63, 3.8) is 0 Å². The van der Waals surface area contributed by atoms with Crippen LogP contribution in [0.15, 0.2) is 18.3 Å². The Morgan fingerprint density at radius 3 is 2.61 bits per heavy atom. The van der Waals surface area contributed by atoms with Crippen LogP contribution < -0.4 is 27.0 Å². The van der Waals surface area contributed by atoms with E-state index in [0.717, 1.165) is 36.5 Å². The zero-order chi connectivity index (χ0) is 23.9. The molecule has 3 aromatic rings. The zero-order valence-corrected chi connectivity index (χ0v) is 19.3. The van der Waals surface area contributed by atoms with Crippen LogP contribution in [0.5, 0.6) is 0 Å². The average Bonchev–Trinajstić information content (AvgIpc) is 3.04. The third-order valence-corrected chi connectivity index (χ3v) is 6.11. The van der Waals surface area contributed by atoms with Gasteiger partial charge in [0.15, 0.2) is 23.1 Å². The number of aryl methyl sites for hydroxylation is 1. The Balaban J connectivity index is 1.71. The third-order valence-electron chi connectivity index (χ3n) is 6.11. The summed E-state index contributed by atoms with van der Waals surface area (Å²) in [6, 6.07) is 2.64. The monoisotopic (exact) mass is 455 g/mol. The van der Waals surface area contributed by atoms with Gasteiger partial charge in [-0.3, -0.25) is 4.79 Å². The first-order valence-corrected chi connectivity index (χ1v) is 10.9. The van der Waals surface area contributed by atoms with Crippen molar-refractivity contribution in [2.45, 2.75) is 38.3 Å². The van der Waals surface area contributed by atoms with Crippen LogP contribution in [-0.4, -0.2) is 51.8 Å². The molecule has 0 spiro atoms. The number of pyridine rings is 2. The van der Waals surface area contributed by atoms with Crippen molar-refractivity contribution < 1.29 is 9.18 Å². The minimum Gasteiger partial charge on any atom is -0.365 e. The molecule has 0 saturated heterocycles. The van der Waals surface area contributed by atoms with Gasteiger partial charge < -0.3 is 27.0 Å². The number of nitrogens with one attached hydrogen (secondary N) is 2. The van der Waals surface area contributed by atoms with Gasteiger partial charge >= 0.3 is 0 Å². The minimum atomic E-state index is -0.789. The quantitative estimate of drug-likeness (QED) is 0.406. The Labute approximate surface area is 191 Å². The van der Waals surface area contributed by atoms with Crippen molar-refractivity contribution in [3.05, 3.63) is 29.7 Å². The smallest absolute Gasteiger partial charge is 0.252 e. The SMILES string of the molecule is C[C@H](N)[C@H](Nc1nc(Nc2cnc3c(c2)c(N(C)C)nn3C)c(C(N)=O)cc1F)C1CCC1. The molecule has 4 rings (SSSR count). The number of primary amides is 1. The second kappa shape index (κ2) is 8.81. The summed E-state index contributed by atoms with van der Waals surface area (Å²) in [5.74, 6) is -0.174. The highest BCUT2D eigenvalue weighted by molar-refractivity contribution is 5.99. The van der Waals surface area contributed by atoms with Gasteiger partial charge in [0.1, 0.15) is 5.82 Å². The first-order valence-electron chi connectivity index (χ1n) is 10.9. The van der Waals surface area contributed by atoms with E-state index in [1.54, 1.807) is 10.9 Å². The summed E-state index contributed by atoms with van der Waals surface area (Å²) in [6.45, 7) is 1.89. The van der Waals surface area contributed by atoms with Crippen LogP contribution in [0.1, 0.15) is 36.5 Å². The van der Waals surface area contributed by atoms with E-state index in [4.69, 9.17) is 11.5 Å². The van der Waals surface area contributed by atoms with Gasteiger partial charge in [0, 0.05) is 33.2 Å². The van der Waals surface area contributed by atoms with Crippen molar-refractivity contribution in [2.24, 2.45) is 24.4 Å². The molecule has 0 aliphatic heterocycles. The van der Waals surface area contributed by atoms with Gasteiger partial charge in [-0.05, 0) is 37.8 Å². The van der Waals surface area contributed by atoms with Gasteiger partial charge in [-0.2, -0.15) is 5.10 Å². The molecular weight excluding hydrogens is 425 g/mol. The maximum absolute atomic E-state index is 14.9. The van der Waals surface area contributed by atoms with E-state index in [0.29, 0.717) is 17.3 Å². The number of nitrogens with zero attached hydrogens (tertiary/aromatic N) is 5. The van der Waals surface area contributed by atoms with Crippen LogP contribution in [0.4, 0.5) is 27.5 Å². The molecule has 11 heteroatoms. The van der Waals surface area contributed by atoms with E-state index in [-0.39, 0.29) is 29.3 Å². The molecule has 1 amide bonds. The van der Waals surface area contributed by atoms with Crippen LogP contribution in [0, 0.1) is 11.7 Å². The largest absolute Gasteiger partial charge is 0.365 e. The van der Waals surface area contributed by atoms with Crippen LogP contribution in [0.3, 0.4) is 0 Å². The van der Waals surface area contributed by atoms with E-state index in [1.807, 2.05) is 39.0 Å². The molecule has 3 aromatic heterocycles. The maximum atomic E-state index is 14.9. The minimum absolute atomic E-state index is 0.0288. The van der Waals surface area contributed by atoms with Crippen LogP contribution in [-0.2, 0) is 7.05 Å². The van der Waals surface area contributed by atoms with Crippen molar-refractivity contribution in [2.75, 3.05) is 29.6 Å². The van der Waals surface area contributed by atoms with Crippen LogP contribution >= 0.6 is 0 Å². The third kappa shape index (κ3) is 4.40. The van der Waals surface area contributed by atoms with Gasteiger partial charge in [-0.15, -0.1) is 0 Å². The molecule has 1 saturated carbocycles. The van der Waals surface area contributed by atoms with Crippen molar-refractivity contribution in [3.8, 4) is 0 Å². The standard InChI is InChI=1S/C22H30FN9O/c1-11(24)17(12-6-5-7-12)28-20-16(23)9-14(18(25)33)19(29-20)27-13-8-15-21(26-10-13)32(4)30-22(15)31(2)3/h8-12,17H,5-7,24H2,1-4H3,(H2,25,33)(H2,27,28,29)/t11-,17-/m0/s1. The summed E-state index contributed by atoms with van der Waals surface area (Å²) in [4.78, 5) is 22.8. The number of aromatic nitrogens is 4. The van der Waals surface area contributed by atoms with Gasteiger partial charge in [-0.25, -0.2) is 19.0 Å². The summed E-state index contributed by atoms with van der Waals surface area (Å²) in [6.07, 6.45) is 4.82. The Morgan fingerprint density at radius 1 is 1.30 bits per heavy atom. The summed E-state index contributed by atoms with van der Waals surface area (Å²) in [5, 5.41) is 11.5. The Morgan fingerprint density at radius 2 is 2.03 bits per heavy atom. The molecule has 0 unspecified atom stereocenters. The van der Waals surface area contributed by atoms with E-state index in [9.17, 15) is 9.18 Å². The number of carbonyl (C=O) groups excluding carboxylic acids is 1. The van der Waals surface area contributed by atoms with E-state index in [1.165, 1.54) is 0 Å². The fraction of sp³-hybridized carbons (Fsp3) is 0.455. The zero-order valence-electron chi connectivity index (χ0n) is 19.3. The Bertz CT molecular complexity index is 1190. The fourth-order valence-corrected chi connectivity index (χ4v) is 4.17. The summed E-state index contributed by atoms with van der Waals surface area (Å²) >= 11 is 0. The second-order valence-electron chi connectivity index (χ2n) is 8.86. The number of fused-ring (bicyclic) bond motifs is 1. The Kier molecular flexibility index (Phi) is 6.07. The predicted octanol–water partition coefficient (Wildman–Crippen LogP) is 2.34. The van der Waals surface area contributed by atoms with Gasteiger partial charge in [-0.1, -0.05) is 6.42 Å². The summed E-state index contributed by atoms with van der Waals surface area (Å²) < 4.78 is 16.6. The average molecular weight is 456 g/mol. The second-order valence-corrected chi connectivity index (χ2v) is 8.86. The lowest BCUT2D eigenvalue weighted by molar-refractivity contribution is 0.100. The molecule has 6 N–H and O–H groups in total. The molecular formula is C22H30FN9O. The highest BCUT2D eigenvalue weighted by Gasteiger charge is 2.31. The topological polar surface area (TPSA) is 140 Å². The highest BCUT2D eigenvalue weighted by atomic mass is 19.1. The van der Waals surface area contributed by atoms with E-state index >= 15 is 0 Å². The molecule has 10 nitrogen and oxygen atoms in total. The first-order chi connectivity index (χ1) is 15.7. The lowest BCUT2D eigenvalue weighted by Crippen LogP contribution is -2.46. The highest BCUT2D eigenvalue weighted by Crippen LogP contribution is 2.34. The predicted molar refractivity (Wildman–Crippen MR) is 127 cm³/mol. The fourth-order valence-electron chi connectivity index (χ4n) is 4.17. The maximum Gasteiger partial charge on any atom is 0.252 e. The number of hydrogen-bond acceptors (Lipinski definition) is 8. The number of carbonyl (C=O) groups is 1. The molecule has 3 heterocycles. The number of amides is 1. The normalized spacial score (nSPS) is 15.7. The van der Waals surface area contributed by atoms with Crippen molar-refractivity contribution >= 4 is 40.1 Å². The van der Waals surface area contributed by atoms with Gasteiger partial charge in [0.2, 0.25) is 0 Å². The molecule has 33 heavy (non-hydrogen) atoms. The van der Waals surface area contributed by atoms with Gasteiger partial charge in [0.25, 0.3) is 5.91 Å². The molecule has 176 valence electrons. The lowest BCUT2D eigenvalue weighted by atomic mass is 9.77. The number of nitrogens with two attached hydrogens (primary N) is 2. The van der Waals surface area contributed by atoms with Crippen molar-refractivity contribution in [1.29, 1.82) is 0 Å². The summed E-state index contributed by atoms with van der Waals surface area (Å²) in [5.41, 5.74) is 12.9. The number of rotatable bonds is 8. The van der Waals surface area contributed by atoms with E-state index < -0.39 is 11.7 Å². The molecule has 0 bridgehead atoms. The van der Waals surface area contributed by atoms with E-state index in [2.05, 4.69) is 25.7 Å². The lowest BCUT2D eigenvalue weighted by Gasteiger charge is -2.37. The number of anilines is 4. The van der Waals surface area contributed by atoms with Crippen LogP contribution in [0.2, 0.25) is 0 Å².